The van der Waals surface area contributed by atoms with Crippen LogP contribution in [0.15, 0.2) is 33.0 Å². The second-order valence-corrected chi connectivity index (χ2v) is 9.86. The van der Waals surface area contributed by atoms with E-state index in [0.717, 1.165) is 33.6 Å². The smallest absolute Gasteiger partial charge is 0.265 e. The van der Waals surface area contributed by atoms with Crippen molar-refractivity contribution in [1.29, 1.82) is 0 Å². The van der Waals surface area contributed by atoms with Gasteiger partial charge in [-0.05, 0) is 60.9 Å². The normalized spacial score (nSPS) is 11.6. The zero-order valence-electron chi connectivity index (χ0n) is 16.7. The lowest BCUT2D eigenvalue weighted by atomic mass is 9.94. The van der Waals surface area contributed by atoms with Crippen LogP contribution in [0.2, 0.25) is 5.02 Å². The minimum absolute atomic E-state index is 0.0509. The topological polar surface area (TPSA) is 110 Å². The summed E-state index contributed by atoms with van der Waals surface area (Å²) in [7, 11) is -4.09. The molecule has 3 rings (SSSR count). The Hall–Kier alpha value is -2.20. The standard InChI is InChI=1S/C20H21ClN2O5S2/c1-11-8-14(4-6-24)9-12(2)15(11)10-16(25)19-17(5-7-29-19)30(26,27)23-20-18(21)13(3)22-28-20/h5,7-9,23-24H,4,6,10H2,1-3H3. The molecule has 1 aromatic carbocycles. The maximum absolute atomic E-state index is 13.0. The number of hydrogen-bond acceptors (Lipinski definition) is 7. The molecule has 30 heavy (non-hydrogen) atoms. The molecule has 2 aromatic heterocycles. The van der Waals surface area contributed by atoms with Crippen LogP contribution < -0.4 is 4.72 Å². The number of Topliss-reactive ketones (excluding diaryl/α,β-unsaturated/α-hetero) is 1. The summed E-state index contributed by atoms with van der Waals surface area (Å²) >= 11 is 7.06. The molecule has 0 aliphatic heterocycles. The number of sulfonamides is 1. The highest BCUT2D eigenvalue weighted by molar-refractivity contribution is 7.93. The van der Waals surface area contributed by atoms with E-state index in [2.05, 4.69) is 9.88 Å². The number of hydrogen-bond donors (Lipinski definition) is 2. The molecule has 160 valence electrons. The molecular formula is C20H21ClN2O5S2. The predicted molar refractivity (Wildman–Crippen MR) is 116 cm³/mol. The number of aliphatic hydroxyl groups is 1. The Kier molecular flexibility index (Phi) is 6.66. The van der Waals surface area contributed by atoms with E-state index in [1.54, 1.807) is 12.3 Å². The molecule has 7 nitrogen and oxygen atoms in total. The highest BCUT2D eigenvalue weighted by Gasteiger charge is 2.27. The van der Waals surface area contributed by atoms with E-state index in [9.17, 15) is 13.2 Å². The molecule has 0 saturated carbocycles. The number of carbonyl (C=O) groups excluding carboxylic acids is 1. The summed E-state index contributed by atoms with van der Waals surface area (Å²) in [5.41, 5.74) is 4.04. The van der Waals surface area contributed by atoms with Gasteiger partial charge >= 0.3 is 0 Å². The fourth-order valence-corrected chi connectivity index (χ4v) is 5.75. The highest BCUT2D eigenvalue weighted by Crippen LogP contribution is 2.30. The summed E-state index contributed by atoms with van der Waals surface area (Å²) in [6.07, 6.45) is 0.612. The van der Waals surface area contributed by atoms with Crippen LogP contribution >= 0.6 is 22.9 Å². The third kappa shape index (κ3) is 4.59. The summed E-state index contributed by atoms with van der Waals surface area (Å²) in [5.74, 6) is -0.490. The van der Waals surface area contributed by atoms with Crippen molar-refractivity contribution in [2.75, 3.05) is 11.3 Å². The van der Waals surface area contributed by atoms with Crippen molar-refractivity contribution in [3.05, 3.63) is 61.4 Å². The van der Waals surface area contributed by atoms with Gasteiger partial charge in [0.2, 0.25) is 0 Å². The number of aromatic nitrogens is 1. The van der Waals surface area contributed by atoms with Gasteiger partial charge in [-0.25, -0.2) is 13.1 Å². The molecule has 0 aliphatic carbocycles. The Morgan fingerprint density at radius 1 is 1.27 bits per heavy atom. The van der Waals surface area contributed by atoms with Crippen LogP contribution in [0.1, 0.15) is 37.6 Å². The van der Waals surface area contributed by atoms with Gasteiger partial charge in [-0.3, -0.25) is 4.79 Å². The fourth-order valence-electron chi connectivity index (χ4n) is 3.19. The number of aliphatic hydroxyl groups excluding tert-OH is 1. The number of carbonyl (C=O) groups is 1. The molecule has 10 heteroatoms. The van der Waals surface area contributed by atoms with Gasteiger partial charge in [0.25, 0.3) is 15.9 Å². The zero-order chi connectivity index (χ0) is 22.1. The van der Waals surface area contributed by atoms with Crippen LogP contribution in [0.25, 0.3) is 0 Å². The Labute approximate surface area is 183 Å². The predicted octanol–water partition coefficient (Wildman–Crippen LogP) is 4.08. The van der Waals surface area contributed by atoms with Crippen LogP contribution in [-0.2, 0) is 22.9 Å². The summed E-state index contributed by atoms with van der Waals surface area (Å²) in [6.45, 7) is 5.44. The molecule has 0 amide bonds. The van der Waals surface area contributed by atoms with Crippen LogP contribution in [0.5, 0.6) is 0 Å². The van der Waals surface area contributed by atoms with Crippen molar-refractivity contribution >= 4 is 44.6 Å². The average molecular weight is 469 g/mol. The lowest BCUT2D eigenvalue weighted by Crippen LogP contribution is -2.16. The second-order valence-electron chi connectivity index (χ2n) is 6.91. The minimum Gasteiger partial charge on any atom is -0.396 e. The minimum atomic E-state index is -4.09. The number of halogens is 1. The summed E-state index contributed by atoms with van der Waals surface area (Å²) < 4.78 is 32.8. The molecule has 0 aliphatic rings. The average Bonchev–Trinajstić information content (AvgIpc) is 3.28. The maximum atomic E-state index is 13.0. The molecule has 0 fully saturated rings. The quantitative estimate of drug-likeness (QED) is 0.482. The van der Waals surface area contributed by atoms with Crippen molar-refractivity contribution in [3.8, 4) is 0 Å². The summed E-state index contributed by atoms with van der Waals surface area (Å²) in [5, 5.41) is 14.4. The first-order chi connectivity index (χ1) is 14.1. The monoisotopic (exact) mass is 468 g/mol. The molecule has 0 radical (unpaired) electrons. The van der Waals surface area contributed by atoms with E-state index in [0.29, 0.717) is 12.1 Å². The van der Waals surface area contributed by atoms with E-state index < -0.39 is 10.0 Å². The zero-order valence-corrected chi connectivity index (χ0v) is 19.0. The molecule has 0 bridgehead atoms. The highest BCUT2D eigenvalue weighted by atomic mass is 35.5. The van der Waals surface area contributed by atoms with Crippen molar-refractivity contribution in [1.82, 2.24) is 5.16 Å². The van der Waals surface area contributed by atoms with Gasteiger partial charge in [0, 0.05) is 13.0 Å². The number of aryl methyl sites for hydroxylation is 3. The first-order valence-electron chi connectivity index (χ1n) is 9.09. The van der Waals surface area contributed by atoms with Crippen LogP contribution in [-0.4, -0.2) is 31.1 Å². The number of rotatable bonds is 8. The van der Waals surface area contributed by atoms with E-state index in [1.807, 2.05) is 26.0 Å². The molecule has 0 atom stereocenters. The van der Waals surface area contributed by atoms with Crippen molar-refractivity contribution in [2.24, 2.45) is 0 Å². The largest absolute Gasteiger partial charge is 0.396 e. The van der Waals surface area contributed by atoms with Crippen molar-refractivity contribution in [2.45, 2.75) is 38.5 Å². The third-order valence-electron chi connectivity index (χ3n) is 4.68. The first-order valence-corrected chi connectivity index (χ1v) is 11.8. The number of nitrogens with one attached hydrogen (secondary N) is 1. The van der Waals surface area contributed by atoms with Gasteiger partial charge < -0.3 is 9.63 Å². The molecule has 2 heterocycles. The Morgan fingerprint density at radius 3 is 2.50 bits per heavy atom. The van der Waals surface area contributed by atoms with E-state index >= 15 is 0 Å². The Balaban J connectivity index is 1.88. The molecule has 3 aromatic rings. The number of thiophene rings is 1. The van der Waals surface area contributed by atoms with E-state index in [-0.39, 0.29) is 39.5 Å². The number of nitrogens with zero attached hydrogens (tertiary/aromatic N) is 1. The van der Waals surface area contributed by atoms with Crippen molar-refractivity contribution < 1.29 is 22.8 Å². The second kappa shape index (κ2) is 8.89. The summed E-state index contributed by atoms with van der Waals surface area (Å²) in [4.78, 5) is 13.0. The van der Waals surface area contributed by atoms with Crippen LogP contribution in [0, 0.1) is 20.8 Å². The molecule has 2 N–H and O–H groups in total. The lowest BCUT2D eigenvalue weighted by molar-refractivity contribution is 0.0993. The van der Waals surface area contributed by atoms with Gasteiger partial charge in [-0.15, -0.1) is 11.3 Å². The Morgan fingerprint density at radius 2 is 1.93 bits per heavy atom. The fraction of sp³-hybridized carbons (Fsp3) is 0.300. The third-order valence-corrected chi connectivity index (χ3v) is 7.59. The molecular weight excluding hydrogens is 448 g/mol. The SMILES string of the molecule is Cc1cc(CCO)cc(C)c1CC(=O)c1sccc1S(=O)(=O)Nc1onc(C)c1Cl. The van der Waals surface area contributed by atoms with Gasteiger partial charge in [-0.2, -0.15) is 0 Å². The molecule has 0 unspecified atom stereocenters. The van der Waals surface area contributed by atoms with Gasteiger partial charge in [0.15, 0.2) is 5.78 Å². The first kappa shape index (κ1) is 22.5. The van der Waals surface area contributed by atoms with Crippen LogP contribution in [0.3, 0.4) is 0 Å². The van der Waals surface area contributed by atoms with E-state index in [4.69, 9.17) is 21.2 Å². The van der Waals surface area contributed by atoms with Crippen molar-refractivity contribution in [3.63, 3.8) is 0 Å². The molecule has 0 saturated heterocycles. The van der Waals surface area contributed by atoms with Crippen LogP contribution in [0.4, 0.5) is 5.88 Å². The van der Waals surface area contributed by atoms with Gasteiger partial charge in [0.1, 0.15) is 15.6 Å². The van der Waals surface area contributed by atoms with E-state index in [1.165, 1.54) is 6.07 Å². The van der Waals surface area contributed by atoms with Gasteiger partial charge in [0.05, 0.1) is 4.88 Å². The maximum Gasteiger partial charge on any atom is 0.265 e. The summed E-state index contributed by atoms with van der Waals surface area (Å²) in [6, 6.07) is 5.25. The lowest BCUT2D eigenvalue weighted by Gasteiger charge is -2.12. The molecule has 0 spiro atoms. The van der Waals surface area contributed by atoms with Gasteiger partial charge in [-0.1, -0.05) is 28.9 Å². The number of ketones is 1. The number of benzene rings is 1. The number of anilines is 1. The Bertz CT molecular complexity index is 1170.